The fourth-order valence-electron chi connectivity index (χ4n) is 3.61. The molecule has 0 saturated carbocycles. The number of hydrogen-bond acceptors (Lipinski definition) is 5. The van der Waals surface area contributed by atoms with E-state index < -0.39 is 26.1 Å². The highest BCUT2D eigenvalue weighted by Crippen LogP contribution is 2.23. The molecule has 1 heterocycles. The summed E-state index contributed by atoms with van der Waals surface area (Å²) in [7, 11) is -5.57. The molecule has 0 atom stereocenters. The minimum Gasteiger partial charge on any atom is -0.334 e. The lowest BCUT2D eigenvalue weighted by molar-refractivity contribution is 0.240. The van der Waals surface area contributed by atoms with Crippen molar-refractivity contribution < 1.29 is 21.6 Å². The van der Waals surface area contributed by atoms with E-state index in [0.29, 0.717) is 24.2 Å². The number of sulfonamides is 2. The molecule has 33 heavy (non-hydrogen) atoms. The predicted octanol–water partition coefficient (Wildman–Crippen LogP) is 1.91. The topological polar surface area (TPSA) is 125 Å². The molecule has 0 radical (unpaired) electrons. The van der Waals surface area contributed by atoms with E-state index in [2.05, 4.69) is 15.4 Å². The van der Waals surface area contributed by atoms with Crippen LogP contribution in [0.5, 0.6) is 0 Å². The molecule has 1 aliphatic heterocycles. The molecule has 0 aliphatic carbocycles. The Morgan fingerprint density at radius 2 is 1.45 bits per heavy atom. The van der Waals surface area contributed by atoms with Gasteiger partial charge >= 0.3 is 6.03 Å². The molecule has 1 saturated heterocycles. The maximum absolute atomic E-state index is 13.1. The second-order valence-corrected chi connectivity index (χ2v) is 11.7. The predicted molar refractivity (Wildman–Crippen MR) is 126 cm³/mol. The Balaban J connectivity index is 1.55. The first kappa shape index (κ1) is 25.2. The Morgan fingerprint density at radius 1 is 0.848 bits per heavy atom. The van der Waals surface area contributed by atoms with Gasteiger partial charge in [0, 0.05) is 26.2 Å². The van der Waals surface area contributed by atoms with Gasteiger partial charge in [-0.1, -0.05) is 48.9 Å². The lowest BCUT2D eigenvalue weighted by Gasteiger charge is -2.26. The first-order valence-corrected chi connectivity index (χ1v) is 13.9. The second kappa shape index (κ2) is 11.1. The van der Waals surface area contributed by atoms with Crippen molar-refractivity contribution in [1.82, 2.24) is 19.7 Å². The molecule has 3 N–H and O–H groups in total. The normalized spacial score (nSPS) is 15.2. The monoisotopic (exact) mass is 494 g/mol. The summed E-state index contributed by atoms with van der Waals surface area (Å²) in [5.41, 5.74) is 1.99. The van der Waals surface area contributed by atoms with Gasteiger partial charge in [0.05, 0.1) is 10.6 Å². The average Bonchev–Trinajstić information content (AvgIpc) is 2.83. The largest absolute Gasteiger partial charge is 0.334 e. The molecule has 2 aromatic carbocycles. The molecule has 0 unspecified atom stereocenters. The maximum Gasteiger partial charge on any atom is 0.315 e. The van der Waals surface area contributed by atoms with E-state index in [1.54, 1.807) is 48.5 Å². The number of rotatable bonds is 9. The van der Waals surface area contributed by atoms with Gasteiger partial charge in [0.2, 0.25) is 20.0 Å². The van der Waals surface area contributed by atoms with Crippen LogP contribution < -0.4 is 15.4 Å². The summed E-state index contributed by atoms with van der Waals surface area (Å²) < 4.78 is 53.1. The van der Waals surface area contributed by atoms with Crippen molar-refractivity contribution in [3.8, 4) is 0 Å². The molecule has 1 aliphatic rings. The summed E-state index contributed by atoms with van der Waals surface area (Å²) >= 11 is 0. The van der Waals surface area contributed by atoms with Crippen molar-refractivity contribution in [1.29, 1.82) is 0 Å². The van der Waals surface area contributed by atoms with Gasteiger partial charge in [0.25, 0.3) is 0 Å². The van der Waals surface area contributed by atoms with Crippen molar-refractivity contribution in [2.75, 3.05) is 20.1 Å². The van der Waals surface area contributed by atoms with Crippen LogP contribution in [-0.4, -0.2) is 47.3 Å². The smallest absolute Gasteiger partial charge is 0.315 e. The standard InChI is InChI=1S/C22H30N4O5S2/c1-23-32(28,29)17-19-11-9-18(10-12-19)15-24-22(27)25-16-20-7-3-4-8-21(20)33(30,31)26-13-5-2-6-14-26/h3-4,7-12,23H,2,5-6,13-17H2,1H3,(H2,24,25,27). The van der Waals surface area contributed by atoms with Gasteiger partial charge < -0.3 is 10.6 Å². The maximum atomic E-state index is 13.1. The molecule has 0 aromatic heterocycles. The third-order valence-corrected chi connectivity index (χ3v) is 8.82. The zero-order valence-electron chi connectivity index (χ0n) is 18.6. The summed E-state index contributed by atoms with van der Waals surface area (Å²) in [4.78, 5) is 12.5. The zero-order chi connectivity index (χ0) is 23.9. The SMILES string of the molecule is CNS(=O)(=O)Cc1ccc(CNC(=O)NCc2ccccc2S(=O)(=O)N2CCCCC2)cc1. The van der Waals surface area contributed by atoms with Crippen molar-refractivity contribution >= 4 is 26.1 Å². The van der Waals surface area contributed by atoms with Gasteiger partial charge in [-0.25, -0.2) is 26.4 Å². The second-order valence-electron chi connectivity index (χ2n) is 7.89. The number of amides is 2. The lowest BCUT2D eigenvalue weighted by Crippen LogP contribution is -2.37. The van der Waals surface area contributed by atoms with Crippen molar-refractivity contribution in [3.05, 3.63) is 65.2 Å². The fourth-order valence-corrected chi connectivity index (χ4v) is 6.13. The minimum atomic E-state index is -3.60. The number of nitrogens with one attached hydrogen (secondary N) is 3. The van der Waals surface area contributed by atoms with Gasteiger partial charge in [-0.15, -0.1) is 0 Å². The van der Waals surface area contributed by atoms with E-state index in [0.717, 1.165) is 24.8 Å². The Bertz CT molecular complexity index is 1160. The van der Waals surface area contributed by atoms with Crippen molar-refractivity contribution in [2.45, 2.75) is 43.0 Å². The fraction of sp³-hybridized carbons (Fsp3) is 0.409. The number of nitrogens with zero attached hydrogens (tertiary/aromatic N) is 1. The van der Waals surface area contributed by atoms with Crippen LogP contribution in [0.4, 0.5) is 4.79 Å². The van der Waals surface area contributed by atoms with Crippen molar-refractivity contribution in [2.24, 2.45) is 0 Å². The van der Waals surface area contributed by atoms with E-state index >= 15 is 0 Å². The summed E-state index contributed by atoms with van der Waals surface area (Å²) in [6.07, 6.45) is 2.75. The molecule has 180 valence electrons. The number of urea groups is 1. The summed E-state index contributed by atoms with van der Waals surface area (Å²) in [5.74, 6) is -0.114. The van der Waals surface area contributed by atoms with Gasteiger partial charge in [0.1, 0.15) is 0 Å². The Labute approximate surface area is 195 Å². The van der Waals surface area contributed by atoms with E-state index in [1.165, 1.54) is 11.4 Å². The Hall–Kier alpha value is -2.47. The molecule has 0 spiro atoms. The zero-order valence-corrected chi connectivity index (χ0v) is 20.2. The molecular weight excluding hydrogens is 464 g/mol. The lowest BCUT2D eigenvalue weighted by atomic mass is 10.1. The minimum absolute atomic E-state index is 0.0793. The van der Waals surface area contributed by atoms with Crippen LogP contribution in [0, 0.1) is 0 Å². The molecular formula is C22H30N4O5S2. The number of carbonyl (C=O) groups excluding carboxylic acids is 1. The van der Waals surface area contributed by atoms with Crippen molar-refractivity contribution in [3.63, 3.8) is 0 Å². The van der Waals surface area contributed by atoms with Crippen LogP contribution in [0.25, 0.3) is 0 Å². The van der Waals surface area contributed by atoms with Gasteiger partial charge in [0.15, 0.2) is 0 Å². The molecule has 3 rings (SSSR count). The van der Waals surface area contributed by atoms with Crippen LogP contribution in [0.2, 0.25) is 0 Å². The summed E-state index contributed by atoms with van der Waals surface area (Å²) in [5, 5.41) is 5.44. The summed E-state index contributed by atoms with van der Waals surface area (Å²) in [6, 6.07) is 13.2. The molecule has 11 heteroatoms. The van der Waals surface area contributed by atoms with E-state index in [-0.39, 0.29) is 23.7 Å². The molecule has 1 fully saturated rings. The quantitative estimate of drug-likeness (QED) is 0.491. The Kier molecular flexibility index (Phi) is 8.46. The number of piperidine rings is 1. The van der Waals surface area contributed by atoms with E-state index in [1.807, 2.05) is 0 Å². The van der Waals surface area contributed by atoms with Crippen LogP contribution in [0.1, 0.15) is 36.0 Å². The van der Waals surface area contributed by atoms with E-state index in [4.69, 9.17) is 0 Å². The molecule has 9 nitrogen and oxygen atoms in total. The summed E-state index contributed by atoms with van der Waals surface area (Å²) in [6.45, 7) is 1.36. The average molecular weight is 495 g/mol. The number of carbonyl (C=O) groups is 1. The Morgan fingerprint density at radius 3 is 2.12 bits per heavy atom. The molecule has 2 amide bonds. The number of benzene rings is 2. The first-order valence-electron chi connectivity index (χ1n) is 10.8. The van der Waals surface area contributed by atoms with Crippen LogP contribution in [0.15, 0.2) is 53.4 Å². The van der Waals surface area contributed by atoms with Crippen LogP contribution >= 0.6 is 0 Å². The number of hydrogen-bond donors (Lipinski definition) is 3. The van der Waals surface area contributed by atoms with E-state index in [9.17, 15) is 21.6 Å². The van der Waals surface area contributed by atoms with Gasteiger partial charge in [-0.2, -0.15) is 4.31 Å². The highest BCUT2D eigenvalue weighted by atomic mass is 32.2. The molecule has 2 aromatic rings. The third-order valence-electron chi connectivity index (χ3n) is 5.49. The molecule has 0 bridgehead atoms. The highest BCUT2D eigenvalue weighted by molar-refractivity contribution is 7.89. The van der Waals surface area contributed by atoms with Gasteiger partial charge in [-0.3, -0.25) is 0 Å². The highest BCUT2D eigenvalue weighted by Gasteiger charge is 2.27. The van der Waals surface area contributed by atoms with Crippen LogP contribution in [-0.2, 0) is 38.9 Å². The first-order chi connectivity index (χ1) is 15.7. The van der Waals surface area contributed by atoms with Crippen LogP contribution in [0.3, 0.4) is 0 Å². The third kappa shape index (κ3) is 7.00. The van der Waals surface area contributed by atoms with Gasteiger partial charge in [-0.05, 0) is 42.6 Å².